The highest BCUT2D eigenvalue weighted by molar-refractivity contribution is 4.78. The predicted octanol–water partition coefficient (Wildman–Crippen LogP) is 7.62. The maximum absolute atomic E-state index is 2.48. The summed E-state index contributed by atoms with van der Waals surface area (Å²) in [4.78, 5) is 0. The Hall–Kier alpha value is 0. The highest BCUT2D eigenvalue weighted by atomic mass is 14.3. The minimum absolute atomic E-state index is 0.958. The number of rotatable bonds is 11. The summed E-state index contributed by atoms with van der Waals surface area (Å²) >= 11 is 0. The molecule has 0 aromatic rings. The lowest BCUT2D eigenvalue weighted by Crippen LogP contribution is -2.22. The molecule has 1 fully saturated rings. The molecule has 1 rings (SSSR count). The molecule has 0 N–H and O–H groups in total. The third kappa shape index (κ3) is 7.71. The van der Waals surface area contributed by atoms with Gasteiger partial charge in [-0.25, -0.2) is 0 Å². The Labute approximate surface area is 135 Å². The molecule has 2 atom stereocenters. The van der Waals surface area contributed by atoms with Crippen LogP contribution < -0.4 is 0 Å². The van der Waals surface area contributed by atoms with E-state index in [4.69, 9.17) is 0 Å². The fourth-order valence-electron chi connectivity index (χ4n) is 4.41. The van der Waals surface area contributed by atoms with Crippen molar-refractivity contribution in [2.75, 3.05) is 0 Å². The van der Waals surface area contributed by atoms with Gasteiger partial charge in [0.15, 0.2) is 0 Å². The third-order valence-corrected chi connectivity index (χ3v) is 6.13. The molecule has 2 unspecified atom stereocenters. The van der Waals surface area contributed by atoms with Crippen LogP contribution in [0.3, 0.4) is 0 Å². The van der Waals surface area contributed by atoms with Crippen molar-refractivity contribution in [2.24, 2.45) is 23.7 Å². The second kappa shape index (κ2) is 11.6. The molecule has 0 spiro atoms. The van der Waals surface area contributed by atoms with Crippen molar-refractivity contribution < 1.29 is 0 Å². The molecule has 0 saturated heterocycles. The van der Waals surface area contributed by atoms with E-state index in [1.165, 1.54) is 83.5 Å². The molecule has 126 valence electrons. The monoisotopic (exact) mass is 294 g/mol. The van der Waals surface area contributed by atoms with Gasteiger partial charge in [-0.1, -0.05) is 91.9 Å². The van der Waals surface area contributed by atoms with Gasteiger partial charge in [0.2, 0.25) is 0 Å². The number of unbranched alkanes of at least 4 members (excludes halogenated alkanes) is 2. The van der Waals surface area contributed by atoms with Gasteiger partial charge in [-0.05, 0) is 42.9 Å². The lowest BCUT2D eigenvalue weighted by atomic mass is 9.72. The van der Waals surface area contributed by atoms with Gasteiger partial charge in [0.25, 0.3) is 0 Å². The molecule has 21 heavy (non-hydrogen) atoms. The third-order valence-electron chi connectivity index (χ3n) is 6.13. The van der Waals surface area contributed by atoms with Crippen molar-refractivity contribution in [3.05, 3.63) is 0 Å². The lowest BCUT2D eigenvalue weighted by molar-refractivity contribution is 0.177. The predicted molar refractivity (Wildman–Crippen MR) is 96.7 cm³/mol. The fraction of sp³-hybridized carbons (Fsp3) is 1.00. The van der Waals surface area contributed by atoms with Gasteiger partial charge in [-0.2, -0.15) is 0 Å². The van der Waals surface area contributed by atoms with Crippen LogP contribution in [0.1, 0.15) is 111 Å². The Balaban J connectivity index is 2.24. The summed E-state index contributed by atoms with van der Waals surface area (Å²) in [5, 5.41) is 0. The van der Waals surface area contributed by atoms with Gasteiger partial charge in [-0.3, -0.25) is 0 Å². The first kappa shape index (κ1) is 19.0. The Kier molecular flexibility index (Phi) is 10.5. The van der Waals surface area contributed by atoms with Gasteiger partial charge >= 0.3 is 0 Å². The first-order valence-electron chi connectivity index (χ1n) is 10.2. The van der Waals surface area contributed by atoms with Crippen LogP contribution >= 0.6 is 0 Å². The molecule has 1 aliphatic rings. The molecular formula is C21H42. The van der Waals surface area contributed by atoms with Gasteiger partial charge in [-0.15, -0.1) is 0 Å². The van der Waals surface area contributed by atoms with Crippen molar-refractivity contribution in [2.45, 2.75) is 111 Å². The Morgan fingerprint density at radius 1 is 0.810 bits per heavy atom. The van der Waals surface area contributed by atoms with Crippen molar-refractivity contribution in [3.8, 4) is 0 Å². The summed E-state index contributed by atoms with van der Waals surface area (Å²) in [6, 6.07) is 0. The van der Waals surface area contributed by atoms with Crippen molar-refractivity contribution in [3.63, 3.8) is 0 Å². The summed E-state index contributed by atoms with van der Waals surface area (Å²) in [5.41, 5.74) is 0. The Morgan fingerprint density at radius 2 is 1.48 bits per heavy atom. The maximum atomic E-state index is 2.48. The molecule has 0 nitrogen and oxygen atoms in total. The molecule has 0 bridgehead atoms. The van der Waals surface area contributed by atoms with E-state index in [9.17, 15) is 0 Å². The second-order valence-electron chi connectivity index (χ2n) is 7.92. The molecule has 0 heteroatoms. The first-order chi connectivity index (χ1) is 10.2. The fourth-order valence-corrected chi connectivity index (χ4v) is 4.41. The van der Waals surface area contributed by atoms with Crippen LogP contribution in [0.5, 0.6) is 0 Å². The van der Waals surface area contributed by atoms with Crippen molar-refractivity contribution >= 4 is 0 Å². The normalized spacial score (nSPS) is 25.7. The number of hydrogen-bond acceptors (Lipinski definition) is 0. The van der Waals surface area contributed by atoms with E-state index in [0.717, 1.165) is 23.7 Å². The van der Waals surface area contributed by atoms with E-state index in [1.54, 1.807) is 0 Å². The molecule has 0 aromatic heterocycles. The lowest BCUT2D eigenvalue weighted by Gasteiger charge is -2.34. The maximum Gasteiger partial charge on any atom is -0.0386 e. The largest absolute Gasteiger partial charge is 0.0654 e. The summed E-state index contributed by atoms with van der Waals surface area (Å²) in [6.07, 6.45) is 19.2. The first-order valence-corrected chi connectivity index (χ1v) is 10.2. The molecule has 1 saturated carbocycles. The van der Waals surface area contributed by atoms with Gasteiger partial charge in [0.1, 0.15) is 0 Å². The van der Waals surface area contributed by atoms with Crippen molar-refractivity contribution in [1.29, 1.82) is 0 Å². The zero-order chi connectivity index (χ0) is 15.5. The Morgan fingerprint density at radius 3 is 2.05 bits per heavy atom. The quantitative estimate of drug-likeness (QED) is 0.367. The van der Waals surface area contributed by atoms with E-state index in [-0.39, 0.29) is 0 Å². The van der Waals surface area contributed by atoms with Crippen molar-refractivity contribution in [1.82, 2.24) is 0 Å². The topological polar surface area (TPSA) is 0 Å². The highest BCUT2D eigenvalue weighted by Crippen LogP contribution is 2.39. The molecule has 1 aliphatic carbocycles. The second-order valence-corrected chi connectivity index (χ2v) is 7.92. The smallest absolute Gasteiger partial charge is 0.0386 e. The van der Waals surface area contributed by atoms with Crippen LogP contribution in [-0.4, -0.2) is 0 Å². The molecule has 0 heterocycles. The van der Waals surface area contributed by atoms with E-state index in [1.807, 2.05) is 0 Å². The van der Waals surface area contributed by atoms with E-state index in [2.05, 4.69) is 27.7 Å². The van der Waals surface area contributed by atoms with Crippen LogP contribution in [0, 0.1) is 23.7 Å². The number of hydrogen-bond donors (Lipinski definition) is 0. The van der Waals surface area contributed by atoms with Gasteiger partial charge in [0, 0.05) is 0 Å². The average molecular weight is 295 g/mol. The Bertz CT molecular complexity index is 224. The zero-order valence-corrected chi connectivity index (χ0v) is 15.5. The molecule has 0 aliphatic heterocycles. The zero-order valence-electron chi connectivity index (χ0n) is 15.5. The van der Waals surface area contributed by atoms with E-state index >= 15 is 0 Å². The summed E-state index contributed by atoms with van der Waals surface area (Å²) in [6.45, 7) is 9.56. The summed E-state index contributed by atoms with van der Waals surface area (Å²) in [7, 11) is 0. The van der Waals surface area contributed by atoms with E-state index in [0.29, 0.717) is 0 Å². The van der Waals surface area contributed by atoms with Crippen LogP contribution in [0.15, 0.2) is 0 Å². The van der Waals surface area contributed by atoms with Crippen LogP contribution in [0.4, 0.5) is 0 Å². The highest BCUT2D eigenvalue weighted by Gasteiger charge is 2.26. The molecular weight excluding hydrogens is 252 g/mol. The molecule has 0 amide bonds. The molecule has 0 aromatic carbocycles. The summed E-state index contributed by atoms with van der Waals surface area (Å²) in [5.74, 6) is 4.12. The van der Waals surface area contributed by atoms with Crippen LogP contribution in [0.2, 0.25) is 0 Å². The molecule has 0 radical (unpaired) electrons. The minimum atomic E-state index is 0.958. The summed E-state index contributed by atoms with van der Waals surface area (Å²) < 4.78 is 0. The van der Waals surface area contributed by atoms with E-state index < -0.39 is 0 Å². The van der Waals surface area contributed by atoms with Gasteiger partial charge in [0.05, 0.1) is 0 Å². The SMILES string of the molecule is CCCCC(C)CCC(CC)C1CCC(CCCC)CC1. The van der Waals surface area contributed by atoms with Crippen LogP contribution in [-0.2, 0) is 0 Å². The van der Waals surface area contributed by atoms with Crippen LogP contribution in [0.25, 0.3) is 0 Å². The average Bonchev–Trinajstić information content (AvgIpc) is 2.52. The minimum Gasteiger partial charge on any atom is -0.0654 e. The van der Waals surface area contributed by atoms with Gasteiger partial charge < -0.3 is 0 Å². The standard InChI is InChI=1S/C21H42/c1-5-8-10-18(4)12-15-20(7-3)21-16-13-19(14-17-21)11-9-6-2/h18-21H,5-17H2,1-4H3.